The third-order valence-electron chi connectivity index (χ3n) is 8.61. The lowest BCUT2D eigenvalue weighted by molar-refractivity contribution is 0.656. The van der Waals surface area contributed by atoms with Crippen LogP contribution in [-0.2, 0) is 0 Å². The molecule has 4 aromatic heterocycles. The first kappa shape index (κ1) is 26.9. The fourth-order valence-corrected chi connectivity index (χ4v) is 6.25. The molecule has 0 saturated carbocycles. The van der Waals surface area contributed by atoms with Gasteiger partial charge in [0.2, 0.25) is 5.71 Å². The summed E-state index contributed by atoms with van der Waals surface area (Å²) < 4.78 is 6.13. The Morgan fingerprint density at radius 1 is 0.447 bits per heavy atom. The highest BCUT2D eigenvalue weighted by molar-refractivity contribution is 6.08. The highest BCUT2D eigenvalue weighted by Crippen LogP contribution is 2.36. The average Bonchev–Trinajstić information content (AvgIpc) is 3.51. The Bertz CT molecular complexity index is 2560. The van der Waals surface area contributed by atoms with Crippen molar-refractivity contribution in [2.45, 2.75) is 0 Å². The zero-order valence-corrected chi connectivity index (χ0v) is 25.2. The van der Waals surface area contributed by atoms with Crippen LogP contribution in [-0.4, -0.2) is 19.9 Å². The van der Waals surface area contributed by atoms with Gasteiger partial charge in [-0.05, 0) is 53.1 Å². The number of furan rings is 1. The van der Waals surface area contributed by atoms with Gasteiger partial charge in [-0.1, -0.05) is 109 Å². The molecule has 0 radical (unpaired) electrons. The Morgan fingerprint density at radius 3 is 2.02 bits per heavy atom. The van der Waals surface area contributed by atoms with E-state index in [1.165, 1.54) is 0 Å². The van der Waals surface area contributed by atoms with Crippen LogP contribution in [0, 0.1) is 0 Å². The molecule has 0 aliphatic heterocycles. The van der Waals surface area contributed by atoms with Gasteiger partial charge in [0.25, 0.3) is 0 Å². The predicted molar refractivity (Wildman–Crippen MR) is 190 cm³/mol. The molecule has 0 fully saturated rings. The molecule has 4 heterocycles. The van der Waals surface area contributed by atoms with Crippen molar-refractivity contribution in [3.63, 3.8) is 0 Å². The summed E-state index contributed by atoms with van der Waals surface area (Å²) in [5.41, 5.74) is 11.5. The normalized spacial score (nSPS) is 11.4. The number of rotatable bonds is 5. The number of aromatic nitrogens is 4. The Hall–Kier alpha value is -6.46. The molecule has 5 heteroatoms. The van der Waals surface area contributed by atoms with Gasteiger partial charge < -0.3 is 4.42 Å². The topological polar surface area (TPSA) is 64.7 Å². The zero-order valence-electron chi connectivity index (χ0n) is 25.2. The van der Waals surface area contributed by atoms with Crippen LogP contribution >= 0.6 is 0 Å². The van der Waals surface area contributed by atoms with E-state index in [0.29, 0.717) is 11.5 Å². The van der Waals surface area contributed by atoms with Crippen molar-refractivity contribution in [1.29, 1.82) is 0 Å². The third kappa shape index (κ3) is 4.91. The van der Waals surface area contributed by atoms with Crippen molar-refractivity contribution < 1.29 is 4.42 Å². The van der Waals surface area contributed by atoms with Crippen molar-refractivity contribution in [1.82, 2.24) is 19.9 Å². The Kier molecular flexibility index (Phi) is 6.39. The molecule has 47 heavy (non-hydrogen) atoms. The van der Waals surface area contributed by atoms with Gasteiger partial charge in [0, 0.05) is 50.8 Å². The van der Waals surface area contributed by atoms with Gasteiger partial charge in [-0.2, -0.15) is 0 Å². The molecule has 0 spiro atoms. The molecule has 0 saturated heterocycles. The van der Waals surface area contributed by atoms with Crippen molar-refractivity contribution in [2.24, 2.45) is 0 Å². The lowest BCUT2D eigenvalue weighted by Crippen LogP contribution is -1.97. The van der Waals surface area contributed by atoms with Gasteiger partial charge in [-0.25, -0.2) is 15.0 Å². The fourth-order valence-electron chi connectivity index (χ4n) is 6.25. The number of benzene rings is 5. The molecule has 5 aromatic carbocycles. The zero-order chi connectivity index (χ0) is 31.2. The van der Waals surface area contributed by atoms with E-state index in [9.17, 15) is 0 Å². The van der Waals surface area contributed by atoms with E-state index in [1.54, 1.807) is 6.20 Å². The molecular weight excluding hydrogens is 576 g/mol. The van der Waals surface area contributed by atoms with Crippen LogP contribution in [0.25, 0.3) is 89.1 Å². The van der Waals surface area contributed by atoms with Crippen LogP contribution in [0.2, 0.25) is 0 Å². The summed E-state index contributed by atoms with van der Waals surface area (Å²) in [5, 5.41) is 3.17. The van der Waals surface area contributed by atoms with Crippen molar-refractivity contribution in [3.05, 3.63) is 158 Å². The first-order valence-electron chi connectivity index (χ1n) is 15.5. The molecule has 220 valence electrons. The maximum Gasteiger partial charge on any atom is 0.227 e. The second kappa shape index (κ2) is 11.2. The first-order chi connectivity index (χ1) is 23.3. The Labute approximate surface area is 270 Å². The molecule has 5 nitrogen and oxygen atoms in total. The van der Waals surface area contributed by atoms with Crippen LogP contribution in [0.3, 0.4) is 0 Å². The van der Waals surface area contributed by atoms with E-state index in [-0.39, 0.29) is 0 Å². The fraction of sp³-hybridized carbons (Fsp3) is 0. The number of pyridine rings is 2. The first-order valence-corrected chi connectivity index (χ1v) is 15.5. The molecule has 0 atom stereocenters. The molecule has 0 amide bonds. The van der Waals surface area contributed by atoms with Crippen LogP contribution < -0.4 is 0 Å². The van der Waals surface area contributed by atoms with Gasteiger partial charge in [0.1, 0.15) is 5.58 Å². The minimum absolute atomic E-state index is 0.657. The third-order valence-corrected chi connectivity index (χ3v) is 8.61. The highest BCUT2D eigenvalue weighted by Gasteiger charge is 2.15. The van der Waals surface area contributed by atoms with Crippen molar-refractivity contribution in [3.8, 4) is 56.2 Å². The van der Waals surface area contributed by atoms with E-state index in [2.05, 4.69) is 77.8 Å². The molecule has 0 aliphatic rings. The van der Waals surface area contributed by atoms with E-state index in [4.69, 9.17) is 19.4 Å². The van der Waals surface area contributed by atoms with Gasteiger partial charge in [0.05, 0.1) is 16.9 Å². The second-order valence-corrected chi connectivity index (χ2v) is 11.5. The van der Waals surface area contributed by atoms with E-state index in [0.717, 1.165) is 77.6 Å². The number of hydrogen-bond acceptors (Lipinski definition) is 5. The van der Waals surface area contributed by atoms with Gasteiger partial charge in [-0.15, -0.1) is 0 Å². The van der Waals surface area contributed by atoms with Crippen LogP contribution in [0.15, 0.2) is 162 Å². The van der Waals surface area contributed by atoms with Crippen LogP contribution in [0.4, 0.5) is 0 Å². The summed E-state index contributed by atoms with van der Waals surface area (Å²) in [5.74, 6) is 0.682. The minimum atomic E-state index is 0.657. The Balaban J connectivity index is 1.13. The van der Waals surface area contributed by atoms with Gasteiger partial charge in [-0.3, -0.25) is 4.98 Å². The summed E-state index contributed by atoms with van der Waals surface area (Å²) in [6, 6.07) is 49.8. The molecule has 0 unspecified atom stereocenters. The number of fused-ring (bicyclic) bond motifs is 4. The van der Waals surface area contributed by atoms with Crippen molar-refractivity contribution >= 4 is 33.0 Å². The number of nitrogens with zero attached hydrogens (tertiary/aromatic N) is 4. The predicted octanol–water partition coefficient (Wildman–Crippen LogP) is 10.7. The average molecular weight is 603 g/mol. The largest absolute Gasteiger partial charge is 0.438 e. The summed E-state index contributed by atoms with van der Waals surface area (Å²) in [6.45, 7) is 0. The maximum atomic E-state index is 6.13. The van der Waals surface area contributed by atoms with E-state index >= 15 is 0 Å². The molecule has 0 N–H and O–H groups in total. The SMILES string of the molecule is c1ccc(-c2nc(-c3ccc(-c4ccc5oc6nc7ccccc7cc6c5c4)cc3)cc(-c3ccccc3-c3cccnc3)n2)cc1. The maximum absolute atomic E-state index is 6.13. The Morgan fingerprint density at radius 2 is 1.17 bits per heavy atom. The summed E-state index contributed by atoms with van der Waals surface area (Å²) in [7, 11) is 0. The molecule has 0 aliphatic carbocycles. The summed E-state index contributed by atoms with van der Waals surface area (Å²) in [4.78, 5) is 19.2. The number of para-hydroxylation sites is 1. The molecular formula is C42H26N4O. The summed E-state index contributed by atoms with van der Waals surface area (Å²) in [6.07, 6.45) is 3.68. The smallest absolute Gasteiger partial charge is 0.227 e. The van der Waals surface area contributed by atoms with E-state index in [1.807, 2.05) is 79.0 Å². The molecule has 0 bridgehead atoms. The minimum Gasteiger partial charge on any atom is -0.438 e. The van der Waals surface area contributed by atoms with Gasteiger partial charge >= 0.3 is 0 Å². The lowest BCUT2D eigenvalue weighted by Gasteiger charge is -2.13. The molecule has 9 aromatic rings. The second-order valence-electron chi connectivity index (χ2n) is 11.5. The number of hydrogen-bond donors (Lipinski definition) is 0. The monoisotopic (exact) mass is 602 g/mol. The van der Waals surface area contributed by atoms with Gasteiger partial charge in [0.15, 0.2) is 5.82 Å². The standard InChI is InChI=1S/C42H26N4O/c1-2-9-29(10-3-1)41-44-38(25-39(45-41)34-14-6-5-13-33(34)32-12-8-22-43-26-32)28-18-16-27(17-19-28)30-20-21-40-35(23-30)36-24-31-11-4-7-15-37(31)46-42(36)47-40/h1-26H. The summed E-state index contributed by atoms with van der Waals surface area (Å²) >= 11 is 0. The highest BCUT2D eigenvalue weighted by atomic mass is 16.3. The van der Waals surface area contributed by atoms with Crippen molar-refractivity contribution in [2.75, 3.05) is 0 Å². The molecule has 9 rings (SSSR count). The van der Waals surface area contributed by atoms with Crippen LogP contribution in [0.1, 0.15) is 0 Å². The quantitative estimate of drug-likeness (QED) is 0.196. The lowest BCUT2D eigenvalue weighted by atomic mass is 9.97. The van der Waals surface area contributed by atoms with E-state index < -0.39 is 0 Å². The van der Waals surface area contributed by atoms with Crippen LogP contribution in [0.5, 0.6) is 0 Å².